The summed E-state index contributed by atoms with van der Waals surface area (Å²) in [4.78, 5) is 15.3. The molecule has 0 bridgehead atoms. The van der Waals surface area contributed by atoms with Gasteiger partial charge in [0.15, 0.2) is 5.78 Å². The van der Waals surface area contributed by atoms with E-state index >= 15 is 0 Å². The molecule has 0 aliphatic carbocycles. The Morgan fingerprint density at radius 2 is 2.25 bits per heavy atom. The summed E-state index contributed by atoms with van der Waals surface area (Å²) in [5.74, 6) is -0.612. The summed E-state index contributed by atoms with van der Waals surface area (Å²) in [7, 11) is 0. The predicted molar refractivity (Wildman–Crippen MR) is 58.0 cm³/mol. The Bertz CT molecular complexity index is 473. The van der Waals surface area contributed by atoms with Crippen molar-refractivity contribution in [3.63, 3.8) is 0 Å². The molecule has 0 saturated carbocycles. The summed E-state index contributed by atoms with van der Waals surface area (Å²) in [5, 5.41) is 3.80. The van der Waals surface area contributed by atoms with Gasteiger partial charge in [-0.05, 0) is 12.1 Å². The van der Waals surface area contributed by atoms with Crippen LogP contribution in [0.4, 0.5) is 4.39 Å². The number of hydrogen-bond donors (Lipinski definition) is 0. The van der Waals surface area contributed by atoms with Crippen molar-refractivity contribution in [1.29, 1.82) is 0 Å². The summed E-state index contributed by atoms with van der Waals surface area (Å²) < 4.78 is 14.2. The minimum atomic E-state index is -0.417. The molecule has 1 aromatic carbocycles. The summed E-state index contributed by atoms with van der Waals surface area (Å²) in [6.07, 6.45) is 2.79. The van der Waals surface area contributed by atoms with Crippen molar-refractivity contribution in [2.45, 2.75) is 6.54 Å². The smallest absolute Gasteiger partial charge is 0.184 e. The number of hydrogen-bond acceptors (Lipinski definition) is 3. The minimum absolute atomic E-state index is 0. The fraction of sp³-hybridized carbons (Fsp3) is 0.100. The first-order valence-corrected chi connectivity index (χ1v) is 4.37. The SMILES string of the molecule is Cl.O=C(Cn1cncn1)c1cccc(F)c1. The van der Waals surface area contributed by atoms with E-state index in [-0.39, 0.29) is 24.7 Å². The number of ketones is 1. The second-order valence-electron chi connectivity index (χ2n) is 3.03. The molecule has 6 heteroatoms. The lowest BCUT2D eigenvalue weighted by Gasteiger charge is -2.00. The van der Waals surface area contributed by atoms with Crippen molar-refractivity contribution < 1.29 is 9.18 Å². The van der Waals surface area contributed by atoms with Crippen molar-refractivity contribution in [2.24, 2.45) is 0 Å². The van der Waals surface area contributed by atoms with E-state index in [1.807, 2.05) is 0 Å². The van der Waals surface area contributed by atoms with Crippen LogP contribution in [0.1, 0.15) is 10.4 Å². The van der Waals surface area contributed by atoms with E-state index in [0.29, 0.717) is 5.56 Å². The van der Waals surface area contributed by atoms with E-state index < -0.39 is 5.82 Å². The molecule has 0 saturated heterocycles. The molecule has 0 radical (unpaired) electrons. The Morgan fingerprint density at radius 3 is 2.88 bits per heavy atom. The number of aromatic nitrogens is 3. The van der Waals surface area contributed by atoms with E-state index in [4.69, 9.17) is 0 Å². The van der Waals surface area contributed by atoms with E-state index in [9.17, 15) is 9.18 Å². The maximum Gasteiger partial charge on any atom is 0.184 e. The first-order valence-electron chi connectivity index (χ1n) is 4.37. The maximum absolute atomic E-state index is 12.8. The Balaban J connectivity index is 0.00000128. The standard InChI is InChI=1S/C10H8FN3O.ClH/c11-9-3-1-2-8(4-9)10(15)5-14-7-12-6-13-14;/h1-4,6-7H,5H2;1H. The zero-order chi connectivity index (χ0) is 10.7. The lowest BCUT2D eigenvalue weighted by Crippen LogP contribution is -2.10. The first kappa shape index (κ1) is 12.3. The minimum Gasteiger partial charge on any atom is -0.292 e. The van der Waals surface area contributed by atoms with Crippen LogP contribution < -0.4 is 0 Å². The topological polar surface area (TPSA) is 47.8 Å². The summed E-state index contributed by atoms with van der Waals surface area (Å²) >= 11 is 0. The second kappa shape index (κ2) is 5.37. The molecular weight excluding hydrogens is 233 g/mol. The third kappa shape index (κ3) is 2.87. The highest BCUT2D eigenvalue weighted by molar-refractivity contribution is 5.95. The molecule has 4 nitrogen and oxygen atoms in total. The molecule has 0 N–H and O–H groups in total. The highest BCUT2D eigenvalue weighted by Crippen LogP contribution is 2.05. The van der Waals surface area contributed by atoms with Crippen molar-refractivity contribution in [2.75, 3.05) is 0 Å². The first-order chi connectivity index (χ1) is 7.25. The molecule has 16 heavy (non-hydrogen) atoms. The quantitative estimate of drug-likeness (QED) is 0.769. The fourth-order valence-electron chi connectivity index (χ4n) is 1.21. The van der Waals surface area contributed by atoms with Gasteiger partial charge in [0.05, 0.1) is 0 Å². The van der Waals surface area contributed by atoms with Gasteiger partial charge in [0, 0.05) is 5.56 Å². The monoisotopic (exact) mass is 241 g/mol. The van der Waals surface area contributed by atoms with Crippen LogP contribution in [0.3, 0.4) is 0 Å². The van der Waals surface area contributed by atoms with E-state index in [1.54, 1.807) is 6.07 Å². The number of nitrogens with zero attached hydrogens (tertiary/aromatic N) is 3. The number of Topliss-reactive ketones (excluding diaryl/α,β-unsaturated/α-hetero) is 1. The molecule has 0 amide bonds. The highest BCUT2D eigenvalue weighted by Gasteiger charge is 2.07. The third-order valence-electron chi connectivity index (χ3n) is 1.92. The van der Waals surface area contributed by atoms with E-state index in [0.717, 1.165) is 0 Å². The third-order valence-corrected chi connectivity index (χ3v) is 1.92. The summed E-state index contributed by atoms with van der Waals surface area (Å²) in [6.45, 7) is 0.0729. The molecule has 0 spiro atoms. The molecule has 84 valence electrons. The Hall–Kier alpha value is -1.75. The van der Waals surface area contributed by atoms with Gasteiger partial charge in [-0.3, -0.25) is 4.79 Å². The van der Waals surface area contributed by atoms with Gasteiger partial charge in [0.1, 0.15) is 25.0 Å². The average Bonchev–Trinajstić information content (AvgIpc) is 2.70. The molecule has 0 unspecified atom stereocenters. The Morgan fingerprint density at radius 1 is 1.44 bits per heavy atom. The number of halogens is 2. The average molecular weight is 242 g/mol. The van der Waals surface area contributed by atoms with E-state index in [2.05, 4.69) is 10.1 Å². The van der Waals surface area contributed by atoms with Crippen LogP contribution in [0.5, 0.6) is 0 Å². The van der Waals surface area contributed by atoms with Crippen LogP contribution in [-0.4, -0.2) is 20.5 Å². The van der Waals surface area contributed by atoms with Crippen LogP contribution in [0.2, 0.25) is 0 Å². The maximum atomic E-state index is 12.8. The predicted octanol–water partition coefficient (Wildman–Crippen LogP) is 1.72. The van der Waals surface area contributed by atoms with Crippen LogP contribution >= 0.6 is 12.4 Å². The Labute approximate surface area is 97.5 Å². The van der Waals surface area contributed by atoms with Gasteiger partial charge < -0.3 is 0 Å². The lowest BCUT2D eigenvalue weighted by atomic mass is 10.1. The lowest BCUT2D eigenvalue weighted by molar-refractivity contribution is 0.0967. The number of benzene rings is 1. The zero-order valence-electron chi connectivity index (χ0n) is 8.21. The highest BCUT2D eigenvalue weighted by atomic mass is 35.5. The van der Waals surface area contributed by atoms with Gasteiger partial charge in [0.2, 0.25) is 0 Å². The molecule has 2 aromatic rings. The van der Waals surface area contributed by atoms with Gasteiger partial charge in [-0.25, -0.2) is 14.1 Å². The second-order valence-corrected chi connectivity index (χ2v) is 3.03. The molecule has 0 aliphatic rings. The fourth-order valence-corrected chi connectivity index (χ4v) is 1.21. The van der Waals surface area contributed by atoms with Gasteiger partial charge in [-0.2, -0.15) is 5.10 Å². The van der Waals surface area contributed by atoms with Crippen molar-refractivity contribution in [3.8, 4) is 0 Å². The Kier molecular flexibility index (Phi) is 4.13. The van der Waals surface area contributed by atoms with E-state index in [1.165, 1.54) is 35.5 Å². The van der Waals surface area contributed by atoms with Gasteiger partial charge >= 0.3 is 0 Å². The van der Waals surface area contributed by atoms with Crippen LogP contribution in [0.25, 0.3) is 0 Å². The molecular formula is C10H9ClFN3O. The van der Waals surface area contributed by atoms with Gasteiger partial charge in [-0.1, -0.05) is 12.1 Å². The summed E-state index contributed by atoms with van der Waals surface area (Å²) in [6, 6.07) is 5.58. The molecule has 1 aromatic heterocycles. The zero-order valence-corrected chi connectivity index (χ0v) is 9.02. The largest absolute Gasteiger partial charge is 0.292 e. The van der Waals surface area contributed by atoms with Gasteiger partial charge in [-0.15, -0.1) is 12.4 Å². The summed E-state index contributed by atoms with van der Waals surface area (Å²) in [5.41, 5.74) is 0.338. The molecule has 0 fully saturated rings. The molecule has 1 heterocycles. The molecule has 2 rings (SSSR count). The van der Waals surface area contributed by atoms with Gasteiger partial charge in [0.25, 0.3) is 0 Å². The van der Waals surface area contributed by atoms with Crippen LogP contribution in [0.15, 0.2) is 36.9 Å². The van der Waals surface area contributed by atoms with Crippen molar-refractivity contribution >= 4 is 18.2 Å². The number of carbonyl (C=O) groups is 1. The van der Waals surface area contributed by atoms with Crippen LogP contribution in [-0.2, 0) is 6.54 Å². The molecule has 0 atom stereocenters. The van der Waals surface area contributed by atoms with Crippen molar-refractivity contribution in [1.82, 2.24) is 14.8 Å². The number of carbonyl (C=O) groups excluding carboxylic acids is 1. The molecule has 0 aliphatic heterocycles. The van der Waals surface area contributed by atoms with Crippen molar-refractivity contribution in [3.05, 3.63) is 48.3 Å². The van der Waals surface area contributed by atoms with Crippen LogP contribution in [0, 0.1) is 5.82 Å². The normalized spacial score (nSPS) is 9.56. The number of rotatable bonds is 3.